The highest BCUT2D eigenvalue weighted by atomic mass is 79.9. The summed E-state index contributed by atoms with van der Waals surface area (Å²) in [7, 11) is 0. The normalized spacial score (nSPS) is 11.1. The van der Waals surface area contributed by atoms with Gasteiger partial charge < -0.3 is 10.1 Å². The molecule has 0 saturated heterocycles. The van der Waals surface area contributed by atoms with Crippen LogP contribution in [0.5, 0.6) is 5.75 Å². The Labute approximate surface area is 177 Å². The van der Waals surface area contributed by atoms with Crippen LogP contribution in [0, 0.1) is 11.3 Å². The molecule has 28 heavy (non-hydrogen) atoms. The predicted octanol–water partition coefficient (Wildman–Crippen LogP) is 6.73. The molecular weight excluding hydrogens is 434 g/mol. The Morgan fingerprint density at radius 1 is 1.21 bits per heavy atom. The number of anilines is 1. The van der Waals surface area contributed by atoms with Crippen LogP contribution in [0.4, 0.5) is 5.69 Å². The van der Waals surface area contributed by atoms with Gasteiger partial charge in [-0.15, -0.1) is 11.3 Å². The van der Waals surface area contributed by atoms with Crippen molar-refractivity contribution in [1.29, 1.82) is 5.26 Å². The van der Waals surface area contributed by atoms with Gasteiger partial charge in [0.25, 0.3) is 0 Å². The number of benzene rings is 2. The quantitative estimate of drug-likeness (QED) is 0.303. The molecule has 0 aliphatic carbocycles. The average molecular weight is 454 g/mol. The van der Waals surface area contributed by atoms with Gasteiger partial charge in [0, 0.05) is 27.3 Å². The third kappa shape index (κ3) is 5.44. The van der Waals surface area contributed by atoms with E-state index in [0.29, 0.717) is 10.6 Å². The van der Waals surface area contributed by atoms with E-state index in [1.54, 1.807) is 6.20 Å². The second kappa shape index (κ2) is 10.1. The number of rotatable bonds is 8. The molecule has 0 aliphatic heterocycles. The van der Waals surface area contributed by atoms with E-state index in [-0.39, 0.29) is 0 Å². The molecule has 0 atom stereocenters. The van der Waals surface area contributed by atoms with Gasteiger partial charge in [0.1, 0.15) is 22.4 Å². The molecule has 0 bridgehead atoms. The van der Waals surface area contributed by atoms with Crippen molar-refractivity contribution in [3.8, 4) is 23.1 Å². The van der Waals surface area contributed by atoms with Crippen molar-refractivity contribution < 1.29 is 4.74 Å². The van der Waals surface area contributed by atoms with E-state index in [4.69, 9.17) is 4.74 Å². The van der Waals surface area contributed by atoms with Crippen LogP contribution < -0.4 is 10.1 Å². The highest BCUT2D eigenvalue weighted by Crippen LogP contribution is 2.27. The van der Waals surface area contributed by atoms with Crippen LogP contribution in [0.2, 0.25) is 0 Å². The molecule has 2 aromatic carbocycles. The third-order valence-corrected chi connectivity index (χ3v) is 5.40. The molecule has 6 heteroatoms. The molecule has 3 rings (SSSR count). The number of unbranched alkanes of at least 4 members (excludes halogenated alkanes) is 1. The first-order valence-electron chi connectivity index (χ1n) is 9.01. The van der Waals surface area contributed by atoms with Gasteiger partial charge in [-0.2, -0.15) is 5.26 Å². The number of hydrogen-bond donors (Lipinski definition) is 1. The fraction of sp³-hybridized carbons (Fsp3) is 0.182. The van der Waals surface area contributed by atoms with E-state index in [0.717, 1.165) is 46.6 Å². The fourth-order valence-electron chi connectivity index (χ4n) is 2.43. The van der Waals surface area contributed by atoms with Crippen molar-refractivity contribution in [2.45, 2.75) is 19.8 Å². The lowest BCUT2D eigenvalue weighted by molar-refractivity contribution is 0.309. The maximum atomic E-state index is 9.52. The second-order valence-corrected chi connectivity index (χ2v) is 7.86. The minimum absolute atomic E-state index is 0.497. The van der Waals surface area contributed by atoms with Crippen molar-refractivity contribution in [2.75, 3.05) is 11.9 Å². The van der Waals surface area contributed by atoms with Crippen LogP contribution in [0.15, 0.2) is 64.6 Å². The lowest BCUT2D eigenvalue weighted by Crippen LogP contribution is -1.96. The fourth-order valence-corrected chi connectivity index (χ4v) is 3.49. The number of aromatic nitrogens is 1. The molecule has 0 saturated carbocycles. The minimum Gasteiger partial charge on any atom is -0.494 e. The first-order valence-corrected chi connectivity index (χ1v) is 10.7. The van der Waals surface area contributed by atoms with Gasteiger partial charge in [0.15, 0.2) is 0 Å². The molecule has 0 fully saturated rings. The van der Waals surface area contributed by atoms with Gasteiger partial charge in [-0.3, -0.25) is 0 Å². The summed E-state index contributed by atoms with van der Waals surface area (Å²) in [4.78, 5) is 4.60. The van der Waals surface area contributed by atoms with Gasteiger partial charge in [0.05, 0.1) is 12.3 Å². The van der Waals surface area contributed by atoms with E-state index in [1.165, 1.54) is 11.3 Å². The van der Waals surface area contributed by atoms with Crippen LogP contribution in [-0.4, -0.2) is 11.6 Å². The number of nitriles is 1. The number of allylic oxidation sites excluding steroid dienone is 1. The lowest BCUT2D eigenvalue weighted by Gasteiger charge is -2.06. The van der Waals surface area contributed by atoms with Crippen LogP contribution in [-0.2, 0) is 0 Å². The molecule has 0 unspecified atom stereocenters. The number of ether oxygens (including phenoxy) is 1. The number of nitrogens with zero attached hydrogens (tertiary/aromatic N) is 2. The van der Waals surface area contributed by atoms with Crippen molar-refractivity contribution >= 4 is 38.5 Å². The van der Waals surface area contributed by atoms with E-state index >= 15 is 0 Å². The summed E-state index contributed by atoms with van der Waals surface area (Å²) < 4.78 is 6.69. The number of nitrogens with one attached hydrogen (secondary N) is 1. The molecule has 1 heterocycles. The maximum absolute atomic E-state index is 9.52. The number of halogens is 1. The summed E-state index contributed by atoms with van der Waals surface area (Å²) in [6.07, 6.45) is 3.85. The van der Waals surface area contributed by atoms with E-state index in [9.17, 15) is 5.26 Å². The molecule has 0 amide bonds. The summed E-state index contributed by atoms with van der Waals surface area (Å²) in [6.45, 7) is 2.87. The summed E-state index contributed by atoms with van der Waals surface area (Å²) in [5.41, 5.74) is 3.27. The van der Waals surface area contributed by atoms with Crippen LogP contribution in [0.1, 0.15) is 24.8 Å². The van der Waals surface area contributed by atoms with Gasteiger partial charge >= 0.3 is 0 Å². The monoisotopic (exact) mass is 453 g/mol. The summed E-state index contributed by atoms with van der Waals surface area (Å²) in [5.74, 6) is 0.850. The second-order valence-electron chi connectivity index (χ2n) is 6.09. The summed E-state index contributed by atoms with van der Waals surface area (Å²) in [5, 5.41) is 15.3. The zero-order chi connectivity index (χ0) is 19.8. The molecule has 1 N–H and O–H groups in total. The molecule has 0 aliphatic rings. The Hall–Kier alpha value is -2.62. The largest absolute Gasteiger partial charge is 0.494 e. The molecule has 1 aromatic heterocycles. The number of hydrogen-bond acceptors (Lipinski definition) is 5. The Morgan fingerprint density at radius 3 is 2.64 bits per heavy atom. The lowest BCUT2D eigenvalue weighted by atomic mass is 10.2. The first-order chi connectivity index (χ1) is 13.7. The molecular formula is C22H20BrN3OS. The Balaban J connectivity index is 1.67. The van der Waals surface area contributed by atoms with Crippen molar-refractivity contribution in [1.82, 2.24) is 4.98 Å². The van der Waals surface area contributed by atoms with E-state index in [1.807, 2.05) is 53.9 Å². The van der Waals surface area contributed by atoms with Gasteiger partial charge in [0.2, 0.25) is 0 Å². The van der Waals surface area contributed by atoms with Gasteiger partial charge in [-0.25, -0.2) is 4.98 Å². The van der Waals surface area contributed by atoms with Crippen molar-refractivity contribution in [3.63, 3.8) is 0 Å². The molecule has 4 nitrogen and oxygen atoms in total. The van der Waals surface area contributed by atoms with Crippen LogP contribution in [0.3, 0.4) is 0 Å². The van der Waals surface area contributed by atoms with Gasteiger partial charge in [-0.05, 0) is 42.8 Å². The van der Waals surface area contributed by atoms with E-state index < -0.39 is 0 Å². The van der Waals surface area contributed by atoms with Gasteiger partial charge in [-0.1, -0.05) is 41.4 Å². The van der Waals surface area contributed by atoms with Crippen LogP contribution >= 0.6 is 27.3 Å². The Morgan fingerprint density at radius 2 is 1.96 bits per heavy atom. The zero-order valence-corrected chi connectivity index (χ0v) is 17.9. The predicted molar refractivity (Wildman–Crippen MR) is 119 cm³/mol. The summed E-state index contributed by atoms with van der Waals surface area (Å²) in [6, 6.07) is 17.9. The first kappa shape index (κ1) is 20.1. The molecule has 142 valence electrons. The third-order valence-electron chi connectivity index (χ3n) is 4.00. The van der Waals surface area contributed by atoms with E-state index in [2.05, 4.69) is 39.2 Å². The maximum Gasteiger partial charge on any atom is 0.136 e. The van der Waals surface area contributed by atoms with Crippen molar-refractivity contribution in [3.05, 3.63) is 69.6 Å². The molecule has 3 aromatic rings. The number of thiazole rings is 1. The molecule has 0 radical (unpaired) electrons. The Bertz CT molecular complexity index is 972. The highest BCUT2D eigenvalue weighted by Gasteiger charge is 2.09. The highest BCUT2D eigenvalue weighted by molar-refractivity contribution is 9.10. The average Bonchev–Trinajstić information content (AvgIpc) is 3.20. The van der Waals surface area contributed by atoms with Crippen LogP contribution in [0.25, 0.3) is 16.8 Å². The summed E-state index contributed by atoms with van der Waals surface area (Å²) >= 11 is 4.89. The SMILES string of the molecule is CCCCOc1ccc(NC=C(C#N)c2nc(-c3ccc(Br)cc3)cs2)cc1. The minimum atomic E-state index is 0.497. The molecule has 0 spiro atoms. The zero-order valence-electron chi connectivity index (χ0n) is 15.5. The standard InChI is InChI=1S/C22H20BrN3OS/c1-2-3-12-27-20-10-8-19(9-11-20)25-14-17(13-24)22-26-21(15-28-22)16-4-6-18(23)7-5-16/h4-11,14-15,25H,2-3,12H2,1H3. The topological polar surface area (TPSA) is 57.9 Å². The Kier molecular flexibility index (Phi) is 7.24. The smallest absolute Gasteiger partial charge is 0.136 e. The van der Waals surface area contributed by atoms with Crippen molar-refractivity contribution in [2.24, 2.45) is 0 Å².